The molecule has 6 nitrogen and oxygen atoms in total. The molecule has 7 heteroatoms. The third-order valence-electron chi connectivity index (χ3n) is 2.71. The Morgan fingerprint density at radius 1 is 1.00 bits per heavy atom. The van der Waals surface area contributed by atoms with Gasteiger partial charge in [0.2, 0.25) is 5.75 Å². The van der Waals surface area contributed by atoms with Gasteiger partial charge in [-0.15, -0.1) is 12.4 Å². The summed E-state index contributed by atoms with van der Waals surface area (Å²) in [7, 11) is 4.77. The summed E-state index contributed by atoms with van der Waals surface area (Å²) >= 11 is 0. The van der Waals surface area contributed by atoms with E-state index in [1.165, 1.54) is 0 Å². The summed E-state index contributed by atoms with van der Waals surface area (Å²) in [5.74, 6) is 1.87. The van der Waals surface area contributed by atoms with Gasteiger partial charge in [0.05, 0.1) is 41.2 Å². The van der Waals surface area contributed by atoms with E-state index in [9.17, 15) is 0 Å². The molecule has 1 rings (SSSR count). The Labute approximate surface area is 131 Å². The Bertz CT molecular complexity index is 378. The molecule has 1 aromatic carbocycles. The van der Waals surface area contributed by atoms with E-state index in [1.807, 2.05) is 12.1 Å². The van der Waals surface area contributed by atoms with Gasteiger partial charge in [0.15, 0.2) is 11.5 Å². The number of nitrogens with one attached hydrogen (secondary N) is 1. The molecule has 0 spiro atoms. The molecule has 0 amide bonds. The summed E-state index contributed by atoms with van der Waals surface area (Å²) in [4.78, 5) is 0. The van der Waals surface area contributed by atoms with Gasteiger partial charge in [-0.05, 0) is 17.7 Å². The second-order valence-corrected chi connectivity index (χ2v) is 4.05. The fourth-order valence-corrected chi connectivity index (χ4v) is 1.78. The third-order valence-corrected chi connectivity index (χ3v) is 2.71. The zero-order chi connectivity index (χ0) is 14.8. The van der Waals surface area contributed by atoms with Gasteiger partial charge in [-0.1, -0.05) is 0 Å². The normalized spacial score (nSPS) is 9.90. The van der Waals surface area contributed by atoms with E-state index in [2.05, 4.69) is 5.32 Å². The number of methoxy groups -OCH3 is 3. The third kappa shape index (κ3) is 6.39. The fourth-order valence-electron chi connectivity index (χ4n) is 1.78. The largest absolute Gasteiger partial charge is 0.493 e. The Hall–Kier alpha value is -1.21. The molecular formula is C14H24ClNO5. The van der Waals surface area contributed by atoms with E-state index in [0.717, 1.165) is 5.56 Å². The standard InChI is InChI=1S/C14H23NO5.ClH/c1-17-12-8-11(9-13(18-2)14(12)19-3)10-15-4-6-20-7-5-16;/h8-9,15-16H,4-7,10H2,1-3H3;1H. The van der Waals surface area contributed by atoms with Crippen LogP contribution in [0.4, 0.5) is 0 Å². The van der Waals surface area contributed by atoms with Crippen molar-refractivity contribution in [3.05, 3.63) is 17.7 Å². The molecule has 0 aliphatic rings. The summed E-state index contributed by atoms with van der Waals surface area (Å²) in [6.45, 7) is 2.35. The Balaban J connectivity index is 0.00000400. The van der Waals surface area contributed by atoms with Gasteiger partial charge in [-0.2, -0.15) is 0 Å². The van der Waals surface area contributed by atoms with Crippen LogP contribution in [0.1, 0.15) is 5.56 Å². The maximum Gasteiger partial charge on any atom is 0.203 e. The maximum atomic E-state index is 8.58. The van der Waals surface area contributed by atoms with Crippen LogP contribution >= 0.6 is 12.4 Å². The highest BCUT2D eigenvalue weighted by molar-refractivity contribution is 5.85. The van der Waals surface area contributed by atoms with Crippen molar-refractivity contribution in [1.82, 2.24) is 5.32 Å². The van der Waals surface area contributed by atoms with E-state index in [4.69, 9.17) is 24.1 Å². The highest BCUT2D eigenvalue weighted by atomic mass is 35.5. The quantitative estimate of drug-likeness (QED) is 0.632. The molecule has 0 aromatic heterocycles. The number of ether oxygens (including phenoxy) is 4. The first-order valence-electron chi connectivity index (χ1n) is 6.45. The number of benzene rings is 1. The molecule has 0 saturated heterocycles. The molecule has 0 saturated carbocycles. The summed E-state index contributed by atoms with van der Waals surface area (Å²) < 4.78 is 21.0. The minimum Gasteiger partial charge on any atom is -0.493 e. The SMILES string of the molecule is COc1cc(CNCCOCCO)cc(OC)c1OC.Cl. The van der Waals surface area contributed by atoms with Crippen LogP contribution in [0.3, 0.4) is 0 Å². The maximum absolute atomic E-state index is 8.58. The lowest BCUT2D eigenvalue weighted by atomic mass is 10.2. The topological polar surface area (TPSA) is 69.2 Å². The van der Waals surface area contributed by atoms with Crippen molar-refractivity contribution in [3.63, 3.8) is 0 Å². The zero-order valence-electron chi connectivity index (χ0n) is 12.7. The molecule has 0 aliphatic carbocycles. The van der Waals surface area contributed by atoms with Crippen molar-refractivity contribution < 1.29 is 24.1 Å². The molecule has 0 aliphatic heterocycles. The van der Waals surface area contributed by atoms with Crippen molar-refractivity contribution in [2.75, 3.05) is 47.7 Å². The van der Waals surface area contributed by atoms with Crippen LogP contribution in [0.15, 0.2) is 12.1 Å². The second kappa shape index (κ2) is 11.4. The minimum absolute atomic E-state index is 0. The Morgan fingerprint density at radius 3 is 2.10 bits per heavy atom. The molecule has 0 radical (unpaired) electrons. The van der Waals surface area contributed by atoms with Crippen LogP contribution in [-0.2, 0) is 11.3 Å². The summed E-state index contributed by atoms with van der Waals surface area (Å²) in [5.41, 5.74) is 1.03. The first-order chi connectivity index (χ1) is 9.76. The molecule has 0 bridgehead atoms. The van der Waals surface area contributed by atoms with Crippen LogP contribution in [-0.4, -0.2) is 52.8 Å². The van der Waals surface area contributed by atoms with Crippen molar-refractivity contribution in [3.8, 4) is 17.2 Å². The van der Waals surface area contributed by atoms with Crippen LogP contribution in [0, 0.1) is 0 Å². The average Bonchev–Trinajstić information content (AvgIpc) is 2.49. The first kappa shape index (κ1) is 19.8. The molecular weight excluding hydrogens is 298 g/mol. The molecule has 0 heterocycles. The van der Waals surface area contributed by atoms with Gasteiger partial charge >= 0.3 is 0 Å². The second-order valence-electron chi connectivity index (χ2n) is 4.05. The van der Waals surface area contributed by atoms with Crippen LogP contribution < -0.4 is 19.5 Å². The van der Waals surface area contributed by atoms with Crippen molar-refractivity contribution in [2.45, 2.75) is 6.54 Å². The van der Waals surface area contributed by atoms with Crippen LogP contribution in [0.5, 0.6) is 17.2 Å². The molecule has 0 unspecified atom stereocenters. The van der Waals surface area contributed by atoms with Gasteiger partial charge in [-0.3, -0.25) is 0 Å². The lowest BCUT2D eigenvalue weighted by Crippen LogP contribution is -2.20. The van der Waals surface area contributed by atoms with E-state index in [0.29, 0.717) is 43.6 Å². The van der Waals surface area contributed by atoms with E-state index < -0.39 is 0 Å². The van der Waals surface area contributed by atoms with E-state index >= 15 is 0 Å². The number of aliphatic hydroxyl groups is 1. The van der Waals surface area contributed by atoms with Crippen molar-refractivity contribution in [1.29, 1.82) is 0 Å². The van der Waals surface area contributed by atoms with Gasteiger partial charge in [0, 0.05) is 13.1 Å². The van der Waals surface area contributed by atoms with Crippen molar-refractivity contribution in [2.24, 2.45) is 0 Å². The minimum atomic E-state index is 0. The molecule has 21 heavy (non-hydrogen) atoms. The molecule has 1 aromatic rings. The highest BCUT2D eigenvalue weighted by Gasteiger charge is 2.12. The predicted octanol–water partition coefficient (Wildman–Crippen LogP) is 1.23. The van der Waals surface area contributed by atoms with Crippen LogP contribution in [0.2, 0.25) is 0 Å². The summed E-state index contributed by atoms with van der Waals surface area (Å²) in [6, 6.07) is 3.81. The number of halogens is 1. The number of hydrogen-bond donors (Lipinski definition) is 2. The summed E-state index contributed by atoms with van der Waals surface area (Å²) in [5, 5.41) is 11.8. The lowest BCUT2D eigenvalue weighted by Gasteiger charge is -2.14. The Morgan fingerprint density at radius 2 is 1.62 bits per heavy atom. The van der Waals surface area contributed by atoms with Crippen molar-refractivity contribution >= 4 is 12.4 Å². The first-order valence-corrected chi connectivity index (χ1v) is 6.45. The highest BCUT2D eigenvalue weighted by Crippen LogP contribution is 2.38. The average molecular weight is 322 g/mol. The molecule has 0 atom stereocenters. The fraction of sp³-hybridized carbons (Fsp3) is 0.571. The zero-order valence-corrected chi connectivity index (χ0v) is 13.5. The van der Waals surface area contributed by atoms with Gasteiger partial charge < -0.3 is 29.4 Å². The lowest BCUT2D eigenvalue weighted by molar-refractivity contribution is 0.0938. The summed E-state index contributed by atoms with van der Waals surface area (Å²) in [6.07, 6.45) is 0. The predicted molar refractivity (Wildman–Crippen MR) is 83.0 cm³/mol. The van der Waals surface area contributed by atoms with Gasteiger partial charge in [0.1, 0.15) is 0 Å². The molecule has 122 valence electrons. The number of aliphatic hydroxyl groups excluding tert-OH is 1. The smallest absolute Gasteiger partial charge is 0.203 e. The number of hydrogen-bond acceptors (Lipinski definition) is 6. The van der Waals surface area contributed by atoms with E-state index in [1.54, 1.807) is 21.3 Å². The molecule has 0 fully saturated rings. The molecule has 2 N–H and O–H groups in total. The monoisotopic (exact) mass is 321 g/mol. The van der Waals surface area contributed by atoms with Crippen LogP contribution in [0.25, 0.3) is 0 Å². The Kier molecular flexibility index (Phi) is 10.8. The van der Waals surface area contributed by atoms with Gasteiger partial charge in [-0.25, -0.2) is 0 Å². The van der Waals surface area contributed by atoms with Gasteiger partial charge in [0.25, 0.3) is 0 Å². The number of rotatable bonds is 10. The van der Waals surface area contributed by atoms with E-state index in [-0.39, 0.29) is 19.0 Å².